The van der Waals surface area contributed by atoms with Crippen molar-refractivity contribution in [1.29, 1.82) is 0 Å². The van der Waals surface area contributed by atoms with E-state index in [9.17, 15) is 18.0 Å². The molecule has 3 heterocycles. The highest BCUT2D eigenvalue weighted by Crippen LogP contribution is 2.45. The van der Waals surface area contributed by atoms with Crippen molar-refractivity contribution in [3.63, 3.8) is 0 Å². The summed E-state index contributed by atoms with van der Waals surface area (Å²) in [5.74, 6) is -2.48. The maximum absolute atomic E-state index is 14.4. The van der Waals surface area contributed by atoms with Crippen molar-refractivity contribution in [2.45, 2.75) is 50.7 Å². The number of ether oxygens (including phenoxy) is 1. The van der Waals surface area contributed by atoms with Crippen molar-refractivity contribution in [2.75, 3.05) is 36.5 Å². The molecule has 0 bridgehead atoms. The van der Waals surface area contributed by atoms with Gasteiger partial charge in [-0.3, -0.25) is 4.79 Å². The average molecular weight is 384 g/mol. The van der Waals surface area contributed by atoms with Crippen LogP contribution in [-0.4, -0.2) is 54.9 Å². The maximum Gasteiger partial charge on any atom is 0.305 e. The molecule has 1 unspecified atom stereocenters. The lowest BCUT2D eigenvalue weighted by atomic mass is 10.0. The molecule has 0 radical (unpaired) electrons. The largest absolute Gasteiger partial charge is 0.469 e. The van der Waals surface area contributed by atoms with Crippen molar-refractivity contribution in [1.82, 2.24) is 9.97 Å². The van der Waals surface area contributed by atoms with E-state index in [1.807, 2.05) is 4.90 Å². The van der Waals surface area contributed by atoms with E-state index in [1.54, 1.807) is 11.8 Å². The molecule has 2 aliphatic heterocycles. The Hall–Kier alpha value is -2.06. The van der Waals surface area contributed by atoms with Gasteiger partial charge in [-0.05, 0) is 25.7 Å². The van der Waals surface area contributed by atoms with E-state index in [0.29, 0.717) is 30.9 Å². The molecule has 2 saturated heterocycles. The molecule has 1 aromatic heterocycles. The van der Waals surface area contributed by atoms with Crippen molar-refractivity contribution in [3.8, 4) is 0 Å². The fourth-order valence-corrected chi connectivity index (χ4v) is 4.12. The van der Waals surface area contributed by atoms with E-state index in [2.05, 4.69) is 9.97 Å². The fourth-order valence-electron chi connectivity index (χ4n) is 4.12. The highest BCUT2D eigenvalue weighted by atomic mass is 19.3. The van der Waals surface area contributed by atoms with Gasteiger partial charge in [0.2, 0.25) is 5.95 Å². The normalized spacial score (nSPS) is 28.9. The summed E-state index contributed by atoms with van der Waals surface area (Å²) in [6.45, 7) is 3.02. The summed E-state index contributed by atoms with van der Waals surface area (Å²) in [6, 6.07) is -0.420. The lowest BCUT2D eigenvalue weighted by Crippen LogP contribution is -2.57. The summed E-state index contributed by atoms with van der Waals surface area (Å²) in [6.07, 6.45) is 0.00967. The molecule has 9 heteroatoms. The first-order valence-corrected chi connectivity index (χ1v) is 9.32. The van der Waals surface area contributed by atoms with Gasteiger partial charge in [0.25, 0.3) is 5.92 Å². The third-order valence-electron chi connectivity index (χ3n) is 5.92. The maximum atomic E-state index is 14.4. The van der Waals surface area contributed by atoms with Crippen LogP contribution in [0.25, 0.3) is 0 Å². The second-order valence-corrected chi connectivity index (χ2v) is 7.67. The molecule has 3 atom stereocenters. The summed E-state index contributed by atoms with van der Waals surface area (Å²) in [5.41, 5.74) is 0.251. The molecule has 0 spiro atoms. The first-order chi connectivity index (χ1) is 12.8. The SMILES string of the molecule is COC(=O)CC1CCN(c2nc(N3C[C@H](F)[C@@H]3C)nc3c2CCC3(F)F)C1. The third-order valence-corrected chi connectivity index (χ3v) is 5.92. The minimum Gasteiger partial charge on any atom is -0.469 e. The molecule has 1 aromatic rings. The van der Waals surface area contributed by atoms with E-state index in [4.69, 9.17) is 4.74 Å². The number of esters is 1. The minimum absolute atomic E-state index is 0.103. The zero-order valence-corrected chi connectivity index (χ0v) is 15.4. The van der Waals surface area contributed by atoms with Crippen LogP contribution in [0.1, 0.15) is 37.4 Å². The van der Waals surface area contributed by atoms with Crippen molar-refractivity contribution in [2.24, 2.45) is 5.92 Å². The standard InChI is InChI=1S/C18H23F3N4O2/c1-10-13(19)9-25(10)17-22-15-12(3-5-18(15,20)21)16(23-17)24-6-4-11(8-24)7-14(26)27-2/h10-11,13H,3-9H2,1-2H3/t10-,11?,13-/m0/s1. The fraction of sp³-hybridized carbons (Fsp3) is 0.722. The average Bonchev–Trinajstić information content (AvgIpc) is 3.23. The van der Waals surface area contributed by atoms with E-state index in [1.165, 1.54) is 7.11 Å². The van der Waals surface area contributed by atoms with Gasteiger partial charge in [0, 0.05) is 25.1 Å². The Balaban J connectivity index is 1.64. The summed E-state index contributed by atoms with van der Waals surface area (Å²) in [4.78, 5) is 23.8. The molecular formula is C18H23F3N4O2. The molecule has 6 nitrogen and oxygen atoms in total. The number of carbonyl (C=O) groups excluding carboxylic acids is 1. The van der Waals surface area contributed by atoms with Crippen molar-refractivity contribution in [3.05, 3.63) is 11.3 Å². The van der Waals surface area contributed by atoms with Gasteiger partial charge in [-0.1, -0.05) is 0 Å². The number of methoxy groups -OCH3 is 1. The van der Waals surface area contributed by atoms with Crippen molar-refractivity contribution < 1.29 is 22.7 Å². The van der Waals surface area contributed by atoms with Gasteiger partial charge in [0.15, 0.2) is 0 Å². The number of rotatable bonds is 4. The number of aromatic nitrogens is 2. The number of alkyl halides is 3. The summed E-state index contributed by atoms with van der Waals surface area (Å²) in [5, 5.41) is 0. The van der Waals surface area contributed by atoms with Gasteiger partial charge in [0.05, 0.1) is 26.1 Å². The lowest BCUT2D eigenvalue weighted by Gasteiger charge is -2.42. The number of anilines is 2. The predicted molar refractivity (Wildman–Crippen MR) is 92.9 cm³/mol. The Kier molecular flexibility index (Phi) is 4.43. The van der Waals surface area contributed by atoms with Crippen LogP contribution in [0.5, 0.6) is 0 Å². The Labute approximate surface area is 155 Å². The Morgan fingerprint density at radius 3 is 2.78 bits per heavy atom. The lowest BCUT2D eigenvalue weighted by molar-refractivity contribution is -0.141. The van der Waals surface area contributed by atoms with Gasteiger partial charge in [-0.2, -0.15) is 13.8 Å². The highest BCUT2D eigenvalue weighted by molar-refractivity contribution is 5.69. The topological polar surface area (TPSA) is 58.6 Å². The van der Waals surface area contributed by atoms with Crippen LogP contribution in [0.2, 0.25) is 0 Å². The van der Waals surface area contributed by atoms with E-state index in [0.717, 1.165) is 6.42 Å². The molecule has 1 aliphatic carbocycles. The van der Waals surface area contributed by atoms with Crippen LogP contribution in [0.4, 0.5) is 24.9 Å². The summed E-state index contributed by atoms with van der Waals surface area (Å²) < 4.78 is 47.1. The molecule has 0 N–H and O–H groups in total. The molecule has 0 amide bonds. The van der Waals surface area contributed by atoms with E-state index >= 15 is 0 Å². The number of carbonyl (C=O) groups is 1. The van der Waals surface area contributed by atoms with Crippen LogP contribution >= 0.6 is 0 Å². The first-order valence-electron chi connectivity index (χ1n) is 9.32. The van der Waals surface area contributed by atoms with Gasteiger partial charge >= 0.3 is 5.97 Å². The molecular weight excluding hydrogens is 361 g/mol. The Bertz CT molecular complexity index is 760. The monoisotopic (exact) mass is 384 g/mol. The van der Waals surface area contributed by atoms with Crippen LogP contribution in [0.3, 0.4) is 0 Å². The first kappa shape index (κ1) is 18.3. The second-order valence-electron chi connectivity index (χ2n) is 7.67. The molecule has 4 rings (SSSR count). The quantitative estimate of drug-likeness (QED) is 0.744. The van der Waals surface area contributed by atoms with Crippen LogP contribution in [-0.2, 0) is 21.9 Å². The predicted octanol–water partition coefficient (Wildman–Crippen LogP) is 2.45. The molecule has 2 fully saturated rings. The summed E-state index contributed by atoms with van der Waals surface area (Å²) in [7, 11) is 1.35. The van der Waals surface area contributed by atoms with E-state index < -0.39 is 18.1 Å². The summed E-state index contributed by atoms with van der Waals surface area (Å²) >= 11 is 0. The number of hydrogen-bond acceptors (Lipinski definition) is 6. The van der Waals surface area contributed by atoms with Gasteiger partial charge in [-0.15, -0.1) is 0 Å². The van der Waals surface area contributed by atoms with Crippen molar-refractivity contribution >= 4 is 17.7 Å². The number of fused-ring (bicyclic) bond motifs is 1. The zero-order chi connectivity index (χ0) is 19.3. The van der Waals surface area contributed by atoms with Crippen LogP contribution in [0, 0.1) is 5.92 Å². The smallest absolute Gasteiger partial charge is 0.305 e. The number of halogens is 3. The Morgan fingerprint density at radius 2 is 2.11 bits per heavy atom. The molecule has 0 aromatic carbocycles. The molecule has 148 valence electrons. The number of hydrogen-bond donors (Lipinski definition) is 0. The molecule has 0 saturated carbocycles. The van der Waals surface area contributed by atoms with Gasteiger partial charge in [0.1, 0.15) is 17.7 Å². The van der Waals surface area contributed by atoms with Gasteiger partial charge in [-0.25, -0.2) is 9.37 Å². The molecule has 27 heavy (non-hydrogen) atoms. The van der Waals surface area contributed by atoms with E-state index in [-0.39, 0.29) is 42.9 Å². The van der Waals surface area contributed by atoms with Gasteiger partial charge < -0.3 is 14.5 Å². The van der Waals surface area contributed by atoms with Crippen LogP contribution in [0.15, 0.2) is 0 Å². The zero-order valence-electron chi connectivity index (χ0n) is 15.4. The van der Waals surface area contributed by atoms with Crippen LogP contribution < -0.4 is 9.80 Å². The molecule has 3 aliphatic rings. The third kappa shape index (κ3) is 3.10. The minimum atomic E-state index is -2.99. The number of nitrogens with zero attached hydrogens (tertiary/aromatic N) is 4. The Morgan fingerprint density at radius 1 is 1.33 bits per heavy atom. The highest BCUT2D eigenvalue weighted by Gasteiger charge is 2.46. The second kappa shape index (κ2) is 6.53.